The Kier molecular flexibility index (Phi) is 6.54. The van der Waals surface area contributed by atoms with Gasteiger partial charge in [-0.1, -0.05) is 28.1 Å². The van der Waals surface area contributed by atoms with Gasteiger partial charge >= 0.3 is 5.97 Å². The second kappa shape index (κ2) is 8.63. The molecule has 2 rings (SSSR count). The van der Waals surface area contributed by atoms with Gasteiger partial charge in [-0.2, -0.15) is 0 Å². The molecule has 0 aromatic heterocycles. The number of rotatable bonds is 5. The molecule has 0 atom stereocenters. The molecule has 0 aliphatic rings. The molecule has 0 aliphatic carbocycles. The predicted octanol–water partition coefficient (Wildman–Crippen LogP) is 2.53. The van der Waals surface area contributed by atoms with Crippen molar-refractivity contribution in [3.05, 3.63) is 51.4 Å². The number of benzene rings is 2. The van der Waals surface area contributed by atoms with Gasteiger partial charge < -0.3 is 9.84 Å². The number of nitrogens with one attached hydrogen (secondary N) is 2. The fraction of sp³-hybridized carbons (Fsp3) is 0.0625. The van der Waals surface area contributed by atoms with Gasteiger partial charge in [0.25, 0.3) is 11.8 Å². The van der Waals surface area contributed by atoms with Gasteiger partial charge in [-0.15, -0.1) is 0 Å². The van der Waals surface area contributed by atoms with Gasteiger partial charge in [-0.25, -0.2) is 4.79 Å². The van der Waals surface area contributed by atoms with Crippen LogP contribution in [0.1, 0.15) is 0 Å². The predicted molar refractivity (Wildman–Crippen MR) is 97.9 cm³/mol. The molecule has 25 heavy (non-hydrogen) atoms. The highest BCUT2D eigenvalue weighted by Crippen LogP contribution is 2.34. The van der Waals surface area contributed by atoms with Gasteiger partial charge in [0.15, 0.2) is 6.61 Å². The van der Waals surface area contributed by atoms with Crippen LogP contribution in [0, 0.1) is 0 Å². The van der Waals surface area contributed by atoms with E-state index in [2.05, 4.69) is 37.3 Å². The summed E-state index contributed by atoms with van der Waals surface area (Å²) >= 11 is 6.85. The second-order valence-electron chi connectivity index (χ2n) is 4.74. The van der Waals surface area contributed by atoms with E-state index in [1.54, 1.807) is 6.07 Å². The number of halogens is 2. The first-order valence-electron chi connectivity index (χ1n) is 6.87. The Morgan fingerprint density at radius 2 is 1.84 bits per heavy atom. The molecule has 9 heteroatoms. The van der Waals surface area contributed by atoms with Crippen LogP contribution >= 0.6 is 31.9 Å². The number of carboxylic acid groups (broad SMARTS) is 1. The summed E-state index contributed by atoms with van der Waals surface area (Å²) in [5.41, 5.74) is 4.15. The van der Waals surface area contributed by atoms with Crippen molar-refractivity contribution >= 4 is 60.4 Å². The lowest BCUT2D eigenvalue weighted by Gasteiger charge is -2.11. The molecule has 3 N–H and O–H groups in total. The number of fused-ring (bicyclic) bond motifs is 1. The summed E-state index contributed by atoms with van der Waals surface area (Å²) in [7, 11) is 0. The van der Waals surface area contributed by atoms with Crippen LogP contribution in [0.2, 0.25) is 0 Å². The largest absolute Gasteiger partial charge is 0.483 e. The quantitative estimate of drug-likeness (QED) is 0.459. The molecule has 0 saturated heterocycles. The number of hydrazine groups is 1. The summed E-state index contributed by atoms with van der Waals surface area (Å²) in [6.45, 7) is -0.330. The Hall–Kier alpha value is -2.39. The average Bonchev–Trinajstić information content (AvgIpc) is 2.57. The smallest absolute Gasteiger partial charge is 0.328 e. The third-order valence-electron chi connectivity index (χ3n) is 2.94. The molecule has 0 radical (unpaired) electrons. The van der Waals surface area contributed by atoms with Gasteiger partial charge in [0.2, 0.25) is 0 Å². The first kappa shape index (κ1) is 18.9. The summed E-state index contributed by atoms with van der Waals surface area (Å²) in [5, 5.41) is 10.3. The molecule has 0 aliphatic heterocycles. The molecular formula is C16H12Br2N2O5. The Balaban J connectivity index is 1.92. The lowest BCUT2D eigenvalue weighted by Crippen LogP contribution is -2.43. The molecule has 2 amide bonds. The lowest BCUT2D eigenvalue weighted by molar-refractivity contribution is -0.131. The van der Waals surface area contributed by atoms with Crippen LogP contribution in [-0.4, -0.2) is 29.5 Å². The van der Waals surface area contributed by atoms with E-state index in [9.17, 15) is 14.4 Å². The number of ether oxygens (including phenoxy) is 1. The van der Waals surface area contributed by atoms with Crippen LogP contribution in [0.4, 0.5) is 0 Å². The van der Waals surface area contributed by atoms with Crippen molar-refractivity contribution in [1.29, 1.82) is 0 Å². The number of carboxylic acids is 1. The maximum Gasteiger partial charge on any atom is 0.328 e. The van der Waals surface area contributed by atoms with E-state index >= 15 is 0 Å². The van der Waals surface area contributed by atoms with Crippen molar-refractivity contribution in [3.8, 4) is 5.75 Å². The van der Waals surface area contributed by atoms with Gasteiger partial charge in [0.05, 0.1) is 4.47 Å². The summed E-state index contributed by atoms with van der Waals surface area (Å²) in [4.78, 5) is 33.2. The Bertz CT molecular complexity index is 867. The molecule has 130 valence electrons. The molecular weight excluding hydrogens is 460 g/mol. The van der Waals surface area contributed by atoms with Crippen molar-refractivity contribution < 1.29 is 24.2 Å². The second-order valence-corrected chi connectivity index (χ2v) is 6.45. The maximum absolute atomic E-state index is 11.7. The molecule has 0 bridgehead atoms. The fourth-order valence-corrected chi connectivity index (χ4v) is 2.84. The minimum atomic E-state index is -1.27. The highest BCUT2D eigenvalue weighted by atomic mass is 79.9. The van der Waals surface area contributed by atoms with Gasteiger partial charge in [0.1, 0.15) is 5.75 Å². The van der Waals surface area contributed by atoms with Gasteiger partial charge in [-0.3, -0.25) is 20.4 Å². The van der Waals surface area contributed by atoms with Crippen LogP contribution in [-0.2, 0) is 14.4 Å². The number of carbonyl (C=O) groups excluding carboxylic acids is 2. The number of hydrogen-bond acceptors (Lipinski definition) is 4. The lowest BCUT2D eigenvalue weighted by atomic mass is 10.1. The summed E-state index contributed by atoms with van der Waals surface area (Å²) in [6, 6.07) is 9.34. The maximum atomic E-state index is 11.7. The highest BCUT2D eigenvalue weighted by Gasteiger charge is 2.09. The molecule has 0 fully saturated rings. The zero-order valence-electron chi connectivity index (χ0n) is 12.6. The van der Waals surface area contributed by atoms with E-state index in [0.717, 1.165) is 21.3 Å². The molecule has 0 unspecified atom stereocenters. The van der Waals surface area contributed by atoms with Crippen LogP contribution in [0.5, 0.6) is 5.75 Å². The minimum Gasteiger partial charge on any atom is -0.483 e. The topological polar surface area (TPSA) is 105 Å². The summed E-state index contributed by atoms with van der Waals surface area (Å²) in [6.07, 6.45) is 1.43. The van der Waals surface area contributed by atoms with Gasteiger partial charge in [0, 0.05) is 16.6 Å². The highest BCUT2D eigenvalue weighted by molar-refractivity contribution is 9.11. The molecule has 7 nitrogen and oxygen atoms in total. The Morgan fingerprint density at radius 3 is 2.56 bits per heavy atom. The minimum absolute atomic E-state index is 0.330. The fourth-order valence-electron chi connectivity index (χ4n) is 1.85. The summed E-state index contributed by atoms with van der Waals surface area (Å²) in [5.74, 6) is -2.16. The van der Waals surface area contributed by atoms with E-state index in [-0.39, 0.29) is 6.61 Å². The number of carbonyl (C=O) groups is 3. The van der Waals surface area contributed by atoms with Crippen molar-refractivity contribution in [1.82, 2.24) is 10.9 Å². The molecule has 0 heterocycles. The number of aliphatic carboxylic acids is 1. The van der Waals surface area contributed by atoms with Crippen LogP contribution in [0.25, 0.3) is 10.8 Å². The molecule has 0 spiro atoms. The van der Waals surface area contributed by atoms with Crippen molar-refractivity contribution in [2.75, 3.05) is 6.61 Å². The van der Waals surface area contributed by atoms with E-state index in [4.69, 9.17) is 9.84 Å². The Morgan fingerprint density at radius 1 is 1.08 bits per heavy atom. The van der Waals surface area contributed by atoms with Crippen molar-refractivity contribution in [2.45, 2.75) is 0 Å². The summed E-state index contributed by atoms with van der Waals surface area (Å²) < 4.78 is 7.09. The number of hydrogen-bond donors (Lipinski definition) is 3. The molecule has 2 aromatic rings. The molecule has 0 saturated carbocycles. The van der Waals surface area contributed by atoms with Gasteiger partial charge in [-0.05, 0) is 44.9 Å². The number of amides is 2. The zero-order chi connectivity index (χ0) is 18.4. The SMILES string of the molecule is O=C(O)/C=C/C(=O)NNC(=O)COc1ccc2cc(Br)ccc2c1Br. The first-order valence-corrected chi connectivity index (χ1v) is 8.46. The molecule has 2 aromatic carbocycles. The first-order chi connectivity index (χ1) is 11.9. The normalized spacial score (nSPS) is 10.6. The van der Waals surface area contributed by atoms with E-state index in [0.29, 0.717) is 16.3 Å². The third kappa shape index (κ3) is 5.57. The van der Waals surface area contributed by atoms with Crippen LogP contribution in [0.3, 0.4) is 0 Å². The van der Waals surface area contributed by atoms with E-state index in [1.165, 1.54) is 0 Å². The average molecular weight is 472 g/mol. The third-order valence-corrected chi connectivity index (χ3v) is 4.25. The van der Waals surface area contributed by atoms with Crippen molar-refractivity contribution in [3.63, 3.8) is 0 Å². The van der Waals surface area contributed by atoms with Crippen LogP contribution < -0.4 is 15.6 Å². The Labute approximate surface area is 159 Å². The standard InChI is InChI=1S/C16H12Br2N2O5/c17-10-2-3-11-9(7-10)1-4-12(16(11)18)25-8-14(22)20-19-13(21)5-6-15(23)24/h1-7H,8H2,(H,19,21)(H,20,22)(H,23,24)/b6-5+. The van der Waals surface area contributed by atoms with E-state index in [1.807, 2.05) is 29.7 Å². The zero-order valence-corrected chi connectivity index (χ0v) is 15.8. The van der Waals surface area contributed by atoms with Crippen molar-refractivity contribution in [2.24, 2.45) is 0 Å². The monoisotopic (exact) mass is 470 g/mol. The van der Waals surface area contributed by atoms with E-state index < -0.39 is 17.8 Å². The van der Waals surface area contributed by atoms with Crippen LogP contribution in [0.15, 0.2) is 51.4 Å².